The zero-order valence-electron chi connectivity index (χ0n) is 15.5. The number of anilines is 1. The van der Waals surface area contributed by atoms with Gasteiger partial charge in [-0.3, -0.25) is 9.59 Å². The molecule has 0 spiro atoms. The molecule has 138 valence electrons. The second-order valence-corrected chi connectivity index (χ2v) is 7.40. The number of amides is 1. The maximum absolute atomic E-state index is 13.0. The summed E-state index contributed by atoms with van der Waals surface area (Å²) in [6.45, 7) is 3.38. The second kappa shape index (κ2) is 7.80. The van der Waals surface area contributed by atoms with Crippen LogP contribution in [0.4, 0.5) is 5.69 Å². The average Bonchev–Trinajstić information content (AvgIpc) is 2.69. The van der Waals surface area contributed by atoms with Gasteiger partial charge in [0.2, 0.25) is 0 Å². The largest absolute Gasteiger partial charge is 0.323 e. The van der Waals surface area contributed by atoms with Gasteiger partial charge < -0.3 is 5.32 Å². The van der Waals surface area contributed by atoms with Crippen molar-refractivity contribution in [1.29, 1.82) is 0 Å². The molecule has 1 heterocycles. The van der Waals surface area contributed by atoms with Crippen LogP contribution in [0.3, 0.4) is 0 Å². The first-order chi connectivity index (χ1) is 12.9. The van der Waals surface area contributed by atoms with Crippen molar-refractivity contribution in [2.24, 2.45) is 0 Å². The minimum Gasteiger partial charge on any atom is -0.323 e. The Kier molecular flexibility index (Phi) is 5.46. The van der Waals surface area contributed by atoms with Gasteiger partial charge in [0.05, 0.1) is 11.4 Å². The van der Waals surface area contributed by atoms with Crippen molar-refractivity contribution in [3.05, 3.63) is 77.1 Å². The Balaban J connectivity index is 1.96. The van der Waals surface area contributed by atoms with Crippen molar-refractivity contribution >= 4 is 23.4 Å². The van der Waals surface area contributed by atoms with Gasteiger partial charge in [-0.2, -0.15) is 5.10 Å². The average molecular weight is 379 g/mol. The van der Waals surface area contributed by atoms with E-state index in [0.29, 0.717) is 5.69 Å². The van der Waals surface area contributed by atoms with Crippen LogP contribution >= 0.6 is 11.8 Å². The minimum atomic E-state index is -1.16. The van der Waals surface area contributed by atoms with Crippen LogP contribution in [0.1, 0.15) is 13.8 Å². The van der Waals surface area contributed by atoms with Gasteiger partial charge in [-0.25, -0.2) is 4.68 Å². The summed E-state index contributed by atoms with van der Waals surface area (Å²) in [4.78, 5) is 26.4. The normalized spacial score (nSPS) is 11.2. The predicted octanol–water partition coefficient (Wildman–Crippen LogP) is 4.01. The molecule has 0 aliphatic carbocycles. The molecule has 0 atom stereocenters. The molecule has 0 aliphatic rings. The van der Waals surface area contributed by atoms with E-state index in [1.807, 2.05) is 60.9 Å². The van der Waals surface area contributed by atoms with Gasteiger partial charge >= 0.3 is 0 Å². The third-order valence-electron chi connectivity index (χ3n) is 4.31. The van der Waals surface area contributed by atoms with E-state index < -0.39 is 5.54 Å². The van der Waals surface area contributed by atoms with E-state index in [2.05, 4.69) is 10.4 Å². The highest BCUT2D eigenvalue weighted by atomic mass is 32.2. The molecule has 1 aromatic heterocycles. The Hall–Kier alpha value is -2.86. The molecular formula is C21H21N3O2S. The van der Waals surface area contributed by atoms with Crippen molar-refractivity contribution in [2.75, 3.05) is 11.6 Å². The van der Waals surface area contributed by atoms with Crippen molar-refractivity contribution in [3.63, 3.8) is 0 Å². The molecule has 0 fully saturated rings. The lowest BCUT2D eigenvalue weighted by Crippen LogP contribution is -2.47. The molecule has 1 amide bonds. The van der Waals surface area contributed by atoms with Gasteiger partial charge in [0, 0.05) is 16.5 Å². The molecular weight excluding hydrogens is 358 g/mol. The highest BCUT2D eigenvalue weighted by Gasteiger charge is 2.32. The Morgan fingerprint density at radius 1 is 1.00 bits per heavy atom. The third-order valence-corrected chi connectivity index (χ3v) is 5.11. The van der Waals surface area contributed by atoms with Gasteiger partial charge in [0.1, 0.15) is 5.54 Å². The van der Waals surface area contributed by atoms with Gasteiger partial charge in [-0.05, 0) is 38.3 Å². The van der Waals surface area contributed by atoms with Crippen LogP contribution in [0.15, 0.2) is 76.4 Å². The number of hydrogen-bond acceptors (Lipinski definition) is 4. The van der Waals surface area contributed by atoms with Crippen LogP contribution in [0, 0.1) is 0 Å². The molecule has 0 saturated carbocycles. The van der Waals surface area contributed by atoms with Gasteiger partial charge in [-0.1, -0.05) is 42.5 Å². The molecule has 0 saturated heterocycles. The fraction of sp³-hybridized carbons (Fsp3) is 0.190. The number of nitrogens with one attached hydrogen (secondary N) is 1. The van der Waals surface area contributed by atoms with E-state index in [-0.39, 0.29) is 11.5 Å². The Labute approximate surface area is 162 Å². The monoisotopic (exact) mass is 379 g/mol. The van der Waals surface area contributed by atoms with E-state index in [1.54, 1.807) is 31.7 Å². The lowest BCUT2D eigenvalue weighted by atomic mass is 10.0. The van der Waals surface area contributed by atoms with Crippen molar-refractivity contribution in [2.45, 2.75) is 24.3 Å². The van der Waals surface area contributed by atoms with Crippen molar-refractivity contribution in [3.8, 4) is 11.3 Å². The Bertz CT molecular complexity index is 1010. The quantitative estimate of drug-likeness (QED) is 0.681. The van der Waals surface area contributed by atoms with Gasteiger partial charge in [-0.15, -0.1) is 11.8 Å². The molecule has 3 aromatic rings. The first-order valence-electron chi connectivity index (χ1n) is 8.54. The first kappa shape index (κ1) is 18.9. The molecule has 0 radical (unpaired) electrons. The molecule has 6 heteroatoms. The summed E-state index contributed by atoms with van der Waals surface area (Å²) in [6.07, 6.45) is 1.95. The predicted molar refractivity (Wildman–Crippen MR) is 110 cm³/mol. The minimum absolute atomic E-state index is 0.302. The molecule has 0 unspecified atom stereocenters. The lowest BCUT2D eigenvalue weighted by Gasteiger charge is -2.26. The standard InChI is InChI=1S/C21H21N3O2S/c1-21(2,20(26)22-17-11-7-8-12-18(17)27-3)24-19(25)14-13-16(23-24)15-9-5-4-6-10-15/h4-14H,1-3H3,(H,22,26). The molecule has 1 N–H and O–H groups in total. The summed E-state index contributed by atoms with van der Waals surface area (Å²) in [7, 11) is 0. The molecule has 5 nitrogen and oxygen atoms in total. The summed E-state index contributed by atoms with van der Waals surface area (Å²) in [5.41, 5.74) is 0.756. The zero-order valence-corrected chi connectivity index (χ0v) is 16.3. The van der Waals surface area contributed by atoms with E-state index in [0.717, 1.165) is 16.1 Å². The third kappa shape index (κ3) is 3.95. The van der Waals surface area contributed by atoms with Crippen LogP contribution < -0.4 is 10.9 Å². The number of nitrogens with zero attached hydrogens (tertiary/aromatic N) is 2. The topological polar surface area (TPSA) is 64.0 Å². The summed E-state index contributed by atoms with van der Waals surface area (Å²) < 4.78 is 1.24. The fourth-order valence-corrected chi connectivity index (χ4v) is 3.25. The van der Waals surface area contributed by atoms with Crippen LogP contribution in [0.25, 0.3) is 11.3 Å². The molecule has 3 rings (SSSR count). The number of aromatic nitrogens is 2. The summed E-state index contributed by atoms with van der Waals surface area (Å²) in [5.74, 6) is -0.302. The van der Waals surface area contributed by atoms with Crippen LogP contribution in [0.2, 0.25) is 0 Å². The summed E-state index contributed by atoms with van der Waals surface area (Å²) in [6, 6.07) is 20.2. The smallest absolute Gasteiger partial charge is 0.267 e. The second-order valence-electron chi connectivity index (χ2n) is 6.55. The van der Waals surface area contributed by atoms with Crippen LogP contribution in [0.5, 0.6) is 0 Å². The van der Waals surface area contributed by atoms with Gasteiger partial charge in [0.15, 0.2) is 0 Å². The summed E-state index contributed by atoms with van der Waals surface area (Å²) in [5, 5.41) is 7.38. The summed E-state index contributed by atoms with van der Waals surface area (Å²) >= 11 is 1.55. The number of carbonyl (C=O) groups excluding carboxylic acids is 1. The molecule has 27 heavy (non-hydrogen) atoms. The number of rotatable bonds is 5. The number of para-hydroxylation sites is 1. The number of hydrogen-bond donors (Lipinski definition) is 1. The van der Waals surface area contributed by atoms with E-state index >= 15 is 0 Å². The fourth-order valence-electron chi connectivity index (χ4n) is 2.69. The highest BCUT2D eigenvalue weighted by Crippen LogP contribution is 2.26. The van der Waals surface area contributed by atoms with Gasteiger partial charge in [0.25, 0.3) is 11.5 Å². The Morgan fingerprint density at radius 2 is 1.67 bits per heavy atom. The van der Waals surface area contributed by atoms with Crippen molar-refractivity contribution in [1.82, 2.24) is 9.78 Å². The van der Waals surface area contributed by atoms with Crippen molar-refractivity contribution < 1.29 is 4.79 Å². The van der Waals surface area contributed by atoms with Crippen LogP contribution in [-0.2, 0) is 10.3 Å². The number of thioether (sulfide) groups is 1. The first-order valence-corrected chi connectivity index (χ1v) is 9.76. The molecule has 2 aromatic carbocycles. The number of carbonyl (C=O) groups is 1. The van der Waals surface area contributed by atoms with E-state index in [4.69, 9.17) is 0 Å². The Morgan fingerprint density at radius 3 is 2.37 bits per heavy atom. The van der Waals surface area contributed by atoms with Crippen LogP contribution in [-0.4, -0.2) is 21.9 Å². The maximum Gasteiger partial charge on any atom is 0.267 e. The van der Waals surface area contributed by atoms with E-state index in [9.17, 15) is 9.59 Å². The molecule has 0 bridgehead atoms. The zero-order chi connectivity index (χ0) is 19.4. The highest BCUT2D eigenvalue weighted by molar-refractivity contribution is 7.98. The van der Waals surface area contributed by atoms with E-state index in [1.165, 1.54) is 10.7 Å². The number of benzene rings is 2. The lowest BCUT2D eigenvalue weighted by molar-refractivity contribution is -0.123. The molecule has 0 aliphatic heterocycles. The maximum atomic E-state index is 13.0. The SMILES string of the molecule is CSc1ccccc1NC(=O)C(C)(C)n1nc(-c2ccccc2)ccc1=O.